The van der Waals surface area contributed by atoms with Crippen molar-refractivity contribution in [3.8, 4) is 17.2 Å². The highest BCUT2D eigenvalue weighted by atomic mass is 16.5. The van der Waals surface area contributed by atoms with E-state index in [0.717, 1.165) is 41.8 Å². The van der Waals surface area contributed by atoms with Crippen LogP contribution in [0, 0.1) is 6.92 Å². The molecule has 0 radical (unpaired) electrons. The third-order valence-corrected chi connectivity index (χ3v) is 6.96. The molecule has 0 saturated carbocycles. The molecule has 2 heterocycles. The Kier molecular flexibility index (Phi) is 6.19. The molecule has 0 spiro atoms. The van der Waals surface area contributed by atoms with Gasteiger partial charge in [0.1, 0.15) is 0 Å². The maximum absolute atomic E-state index is 13.5. The second-order valence-corrected chi connectivity index (χ2v) is 8.98. The van der Waals surface area contributed by atoms with Gasteiger partial charge in [-0.15, -0.1) is 0 Å². The molecule has 1 fully saturated rings. The maximum atomic E-state index is 13.5. The Morgan fingerprint density at radius 3 is 2.23 bits per heavy atom. The number of aryl methyl sites for hydroxylation is 1. The molecule has 182 valence electrons. The first-order valence-corrected chi connectivity index (χ1v) is 12.0. The third-order valence-electron chi connectivity index (χ3n) is 6.96. The van der Waals surface area contributed by atoms with Gasteiger partial charge in [0.05, 0.1) is 19.9 Å². The van der Waals surface area contributed by atoms with Gasteiger partial charge in [-0.1, -0.05) is 18.2 Å². The SMILES string of the molecule is COc1ccc(C(=O)N2CCN(C(=O)c3nn(-c4ccccc4C)c4c3CCC4)CC2)cc1OC. The van der Waals surface area contributed by atoms with Crippen molar-refractivity contribution in [2.75, 3.05) is 40.4 Å². The van der Waals surface area contributed by atoms with E-state index in [2.05, 4.69) is 13.0 Å². The van der Waals surface area contributed by atoms with E-state index in [1.807, 2.05) is 27.8 Å². The van der Waals surface area contributed by atoms with Gasteiger partial charge >= 0.3 is 0 Å². The quantitative estimate of drug-likeness (QED) is 0.567. The fourth-order valence-corrected chi connectivity index (χ4v) is 5.02. The summed E-state index contributed by atoms with van der Waals surface area (Å²) in [5.41, 5.74) is 5.46. The Morgan fingerprint density at radius 1 is 0.857 bits per heavy atom. The van der Waals surface area contributed by atoms with Crippen LogP contribution in [0.1, 0.15) is 44.1 Å². The Hall–Kier alpha value is -3.81. The monoisotopic (exact) mass is 474 g/mol. The molecular weight excluding hydrogens is 444 g/mol. The number of methoxy groups -OCH3 is 2. The van der Waals surface area contributed by atoms with E-state index in [1.54, 1.807) is 37.3 Å². The summed E-state index contributed by atoms with van der Waals surface area (Å²) in [6, 6.07) is 13.3. The molecule has 1 aliphatic heterocycles. The number of rotatable bonds is 5. The van der Waals surface area contributed by atoms with Gasteiger partial charge in [0.25, 0.3) is 11.8 Å². The van der Waals surface area contributed by atoms with Crippen LogP contribution in [0.15, 0.2) is 42.5 Å². The van der Waals surface area contributed by atoms with Crippen LogP contribution in [0.2, 0.25) is 0 Å². The number of aromatic nitrogens is 2. The first-order chi connectivity index (χ1) is 17.0. The van der Waals surface area contributed by atoms with Gasteiger partial charge < -0.3 is 19.3 Å². The second kappa shape index (κ2) is 9.44. The van der Waals surface area contributed by atoms with E-state index >= 15 is 0 Å². The van der Waals surface area contributed by atoms with E-state index in [4.69, 9.17) is 14.6 Å². The summed E-state index contributed by atoms with van der Waals surface area (Å²) in [6.07, 6.45) is 2.84. The minimum atomic E-state index is -0.0808. The summed E-state index contributed by atoms with van der Waals surface area (Å²) in [4.78, 5) is 30.2. The molecule has 35 heavy (non-hydrogen) atoms. The van der Waals surface area contributed by atoms with Crippen molar-refractivity contribution in [3.05, 3.63) is 70.5 Å². The molecule has 0 N–H and O–H groups in total. The van der Waals surface area contributed by atoms with Crippen LogP contribution in [0.5, 0.6) is 11.5 Å². The van der Waals surface area contributed by atoms with Crippen molar-refractivity contribution in [3.63, 3.8) is 0 Å². The molecule has 0 unspecified atom stereocenters. The van der Waals surface area contributed by atoms with Crippen molar-refractivity contribution in [2.45, 2.75) is 26.2 Å². The van der Waals surface area contributed by atoms with E-state index in [-0.39, 0.29) is 11.8 Å². The van der Waals surface area contributed by atoms with Crippen LogP contribution in [0.4, 0.5) is 0 Å². The fraction of sp³-hybridized carbons (Fsp3) is 0.370. The van der Waals surface area contributed by atoms with Crippen LogP contribution in [0.25, 0.3) is 5.69 Å². The minimum Gasteiger partial charge on any atom is -0.493 e. The van der Waals surface area contributed by atoms with Gasteiger partial charge in [0, 0.05) is 43.0 Å². The lowest BCUT2D eigenvalue weighted by Gasteiger charge is -2.34. The number of para-hydroxylation sites is 1. The predicted octanol–water partition coefficient (Wildman–Crippen LogP) is 3.28. The lowest BCUT2D eigenvalue weighted by Crippen LogP contribution is -2.50. The Bertz CT molecular complexity index is 1270. The average molecular weight is 475 g/mol. The summed E-state index contributed by atoms with van der Waals surface area (Å²) in [7, 11) is 3.11. The van der Waals surface area contributed by atoms with Crippen molar-refractivity contribution in [1.82, 2.24) is 19.6 Å². The van der Waals surface area contributed by atoms with Crippen molar-refractivity contribution in [2.24, 2.45) is 0 Å². The molecule has 1 aromatic heterocycles. The van der Waals surface area contributed by atoms with Crippen LogP contribution < -0.4 is 9.47 Å². The van der Waals surface area contributed by atoms with E-state index in [1.165, 1.54) is 0 Å². The second-order valence-electron chi connectivity index (χ2n) is 8.98. The molecule has 0 atom stereocenters. The summed E-state index contributed by atoms with van der Waals surface area (Å²) < 4.78 is 12.6. The van der Waals surface area contributed by atoms with E-state index in [0.29, 0.717) is 48.9 Å². The molecular formula is C27H30N4O4. The standard InChI is InChI=1S/C27H30N4O4/c1-18-7-4-5-9-21(18)31-22-10-6-8-20(22)25(28-31)27(33)30-15-13-29(14-16-30)26(32)19-11-12-23(34-2)24(17-19)35-3/h4-5,7,9,11-12,17H,6,8,10,13-16H2,1-3H3. The molecule has 2 amide bonds. The number of benzene rings is 2. The van der Waals surface area contributed by atoms with Crippen LogP contribution in [-0.2, 0) is 12.8 Å². The highest BCUT2D eigenvalue weighted by molar-refractivity contribution is 5.96. The number of amides is 2. The van der Waals surface area contributed by atoms with Crippen molar-refractivity contribution < 1.29 is 19.1 Å². The first-order valence-electron chi connectivity index (χ1n) is 12.0. The van der Waals surface area contributed by atoms with Crippen LogP contribution in [0.3, 0.4) is 0 Å². The van der Waals surface area contributed by atoms with Crippen molar-refractivity contribution in [1.29, 1.82) is 0 Å². The van der Waals surface area contributed by atoms with Crippen LogP contribution in [-0.4, -0.2) is 71.8 Å². The number of fused-ring (bicyclic) bond motifs is 1. The number of piperazine rings is 1. The van der Waals surface area contributed by atoms with Gasteiger partial charge in [-0.3, -0.25) is 9.59 Å². The zero-order valence-corrected chi connectivity index (χ0v) is 20.4. The molecule has 2 aromatic carbocycles. The molecule has 0 bridgehead atoms. The molecule has 5 rings (SSSR count). The molecule has 8 heteroatoms. The number of hydrogen-bond acceptors (Lipinski definition) is 5. The van der Waals surface area contributed by atoms with Gasteiger partial charge in [-0.05, 0) is 56.0 Å². The van der Waals surface area contributed by atoms with Gasteiger partial charge in [0.2, 0.25) is 0 Å². The molecule has 2 aliphatic rings. The predicted molar refractivity (Wildman–Crippen MR) is 132 cm³/mol. The average Bonchev–Trinajstić information content (AvgIpc) is 3.51. The number of nitrogens with zero attached hydrogens (tertiary/aromatic N) is 4. The van der Waals surface area contributed by atoms with Gasteiger partial charge in [-0.2, -0.15) is 5.10 Å². The molecule has 1 saturated heterocycles. The number of carbonyl (C=O) groups excluding carboxylic acids is 2. The molecule has 8 nitrogen and oxygen atoms in total. The smallest absolute Gasteiger partial charge is 0.274 e. The third kappa shape index (κ3) is 4.13. The topological polar surface area (TPSA) is 76.9 Å². The number of carbonyl (C=O) groups is 2. The Morgan fingerprint density at radius 2 is 1.54 bits per heavy atom. The summed E-state index contributed by atoms with van der Waals surface area (Å²) >= 11 is 0. The zero-order valence-electron chi connectivity index (χ0n) is 20.4. The normalized spacial score (nSPS) is 15.2. The fourth-order valence-electron chi connectivity index (χ4n) is 5.02. The molecule has 3 aromatic rings. The van der Waals surface area contributed by atoms with Gasteiger partial charge in [-0.25, -0.2) is 4.68 Å². The largest absolute Gasteiger partial charge is 0.493 e. The highest BCUT2D eigenvalue weighted by Crippen LogP contribution is 2.30. The molecule has 1 aliphatic carbocycles. The first kappa shape index (κ1) is 23.0. The summed E-state index contributed by atoms with van der Waals surface area (Å²) in [5, 5.41) is 4.79. The summed E-state index contributed by atoms with van der Waals surface area (Å²) in [6.45, 7) is 3.96. The number of ether oxygens (including phenoxy) is 2. The van der Waals surface area contributed by atoms with Crippen LogP contribution >= 0.6 is 0 Å². The van der Waals surface area contributed by atoms with E-state index < -0.39 is 0 Å². The lowest BCUT2D eigenvalue weighted by atomic mass is 10.1. The highest BCUT2D eigenvalue weighted by Gasteiger charge is 2.32. The zero-order chi connectivity index (χ0) is 24.5. The van der Waals surface area contributed by atoms with E-state index in [9.17, 15) is 9.59 Å². The summed E-state index contributed by atoms with van der Waals surface area (Å²) in [5.74, 6) is 0.971. The Balaban J connectivity index is 1.31. The maximum Gasteiger partial charge on any atom is 0.274 e. The Labute approximate surface area is 205 Å². The lowest BCUT2D eigenvalue weighted by molar-refractivity contribution is 0.0531. The number of hydrogen-bond donors (Lipinski definition) is 0. The van der Waals surface area contributed by atoms with Crippen molar-refractivity contribution >= 4 is 11.8 Å². The van der Waals surface area contributed by atoms with Gasteiger partial charge in [0.15, 0.2) is 17.2 Å². The minimum absolute atomic E-state index is 0.0475.